The van der Waals surface area contributed by atoms with Crippen molar-refractivity contribution in [3.8, 4) is 0 Å². The molecule has 0 aliphatic carbocycles. The van der Waals surface area contributed by atoms with E-state index in [0.29, 0.717) is 6.61 Å². The van der Waals surface area contributed by atoms with E-state index in [4.69, 9.17) is 4.74 Å². The van der Waals surface area contributed by atoms with E-state index >= 15 is 0 Å². The van der Waals surface area contributed by atoms with Gasteiger partial charge in [-0.2, -0.15) is 0 Å². The summed E-state index contributed by atoms with van der Waals surface area (Å²) in [4.78, 5) is 12.1. The third-order valence-corrected chi connectivity index (χ3v) is 4.49. The summed E-state index contributed by atoms with van der Waals surface area (Å²) in [6.45, 7) is 10.7. The molecule has 1 amide bonds. The Hall–Kier alpha value is -0.610. The zero-order valence-corrected chi connectivity index (χ0v) is 12.2. The van der Waals surface area contributed by atoms with Gasteiger partial charge in [0.2, 0.25) is 5.91 Å². The fourth-order valence-electron chi connectivity index (χ4n) is 2.54. The number of carbonyl (C=O) groups excluding carboxylic acids is 1. The molecule has 4 nitrogen and oxygen atoms in total. The molecule has 0 saturated carbocycles. The number of ether oxygens (including phenoxy) is 1. The van der Waals surface area contributed by atoms with Crippen molar-refractivity contribution in [2.75, 3.05) is 19.7 Å². The molecule has 106 valence electrons. The smallest absolute Gasteiger partial charge is 0.239 e. The zero-order chi connectivity index (χ0) is 13.6. The molecule has 0 radical (unpaired) electrons. The molecule has 0 aromatic rings. The maximum Gasteiger partial charge on any atom is 0.239 e. The summed E-state index contributed by atoms with van der Waals surface area (Å²) in [6.07, 6.45) is 3.26. The first-order valence-corrected chi connectivity index (χ1v) is 7.21. The standard InChI is InChI=1S/C14H28N2O2/c1-5-14(6-2,7-3)10-16-13(17)12-11(4)18-9-8-15-12/h11-12,15H,5-10H2,1-4H3,(H,16,17)/t11-,12+/m1/s1. The Balaban J connectivity index is 2.49. The normalized spacial score (nSPS) is 24.9. The molecule has 1 fully saturated rings. The van der Waals surface area contributed by atoms with E-state index in [1.54, 1.807) is 0 Å². The number of carbonyl (C=O) groups is 1. The molecule has 0 unspecified atom stereocenters. The first-order chi connectivity index (χ1) is 8.58. The summed E-state index contributed by atoms with van der Waals surface area (Å²) in [5, 5.41) is 6.32. The van der Waals surface area contributed by atoms with Crippen LogP contribution in [0.3, 0.4) is 0 Å². The summed E-state index contributed by atoms with van der Waals surface area (Å²) in [5.41, 5.74) is 0.244. The quantitative estimate of drug-likeness (QED) is 0.760. The second-order valence-electron chi connectivity index (χ2n) is 5.29. The van der Waals surface area contributed by atoms with Gasteiger partial charge in [0.05, 0.1) is 12.7 Å². The van der Waals surface area contributed by atoms with Crippen LogP contribution in [0.1, 0.15) is 47.0 Å². The van der Waals surface area contributed by atoms with Gasteiger partial charge in [-0.3, -0.25) is 4.79 Å². The van der Waals surface area contributed by atoms with Gasteiger partial charge in [-0.25, -0.2) is 0 Å². The molecule has 1 heterocycles. The van der Waals surface area contributed by atoms with Gasteiger partial charge < -0.3 is 15.4 Å². The Morgan fingerprint density at radius 1 is 1.33 bits per heavy atom. The highest BCUT2D eigenvalue weighted by Crippen LogP contribution is 2.29. The molecule has 0 spiro atoms. The van der Waals surface area contributed by atoms with Gasteiger partial charge in [-0.1, -0.05) is 20.8 Å². The van der Waals surface area contributed by atoms with Crippen LogP contribution < -0.4 is 10.6 Å². The van der Waals surface area contributed by atoms with Crippen LogP contribution in [0.25, 0.3) is 0 Å². The summed E-state index contributed by atoms with van der Waals surface area (Å²) in [7, 11) is 0. The van der Waals surface area contributed by atoms with Crippen LogP contribution >= 0.6 is 0 Å². The number of nitrogens with one attached hydrogen (secondary N) is 2. The Kier molecular flexibility index (Phi) is 6.09. The lowest BCUT2D eigenvalue weighted by Gasteiger charge is -2.33. The van der Waals surface area contributed by atoms with E-state index in [1.807, 2.05) is 6.92 Å². The van der Waals surface area contributed by atoms with Crippen LogP contribution in [-0.2, 0) is 9.53 Å². The van der Waals surface area contributed by atoms with Crippen molar-refractivity contribution in [2.24, 2.45) is 5.41 Å². The van der Waals surface area contributed by atoms with Crippen LogP contribution in [0, 0.1) is 5.41 Å². The molecule has 0 aromatic heterocycles. The van der Waals surface area contributed by atoms with Crippen LogP contribution in [0.2, 0.25) is 0 Å². The van der Waals surface area contributed by atoms with Gasteiger partial charge in [0.1, 0.15) is 6.04 Å². The molecule has 4 heteroatoms. The van der Waals surface area contributed by atoms with Crippen molar-refractivity contribution in [3.05, 3.63) is 0 Å². The highest BCUT2D eigenvalue weighted by atomic mass is 16.5. The van der Waals surface area contributed by atoms with Gasteiger partial charge in [-0.05, 0) is 31.6 Å². The molecule has 1 aliphatic heterocycles. The maximum absolute atomic E-state index is 12.1. The average molecular weight is 256 g/mol. The van der Waals surface area contributed by atoms with Gasteiger partial charge in [-0.15, -0.1) is 0 Å². The molecular formula is C14H28N2O2. The second kappa shape index (κ2) is 7.10. The zero-order valence-electron chi connectivity index (χ0n) is 12.2. The van der Waals surface area contributed by atoms with Crippen LogP contribution in [0.4, 0.5) is 0 Å². The summed E-state index contributed by atoms with van der Waals surface area (Å²) in [5.74, 6) is 0.0712. The number of rotatable bonds is 6. The number of morpholine rings is 1. The summed E-state index contributed by atoms with van der Waals surface area (Å²) < 4.78 is 5.50. The third kappa shape index (κ3) is 3.69. The molecule has 1 saturated heterocycles. The first kappa shape index (κ1) is 15.4. The van der Waals surface area contributed by atoms with E-state index in [0.717, 1.165) is 32.4 Å². The minimum atomic E-state index is -0.206. The minimum Gasteiger partial charge on any atom is -0.375 e. The molecule has 1 rings (SSSR count). The topological polar surface area (TPSA) is 50.4 Å². The van der Waals surface area contributed by atoms with Crippen molar-refractivity contribution in [1.29, 1.82) is 0 Å². The first-order valence-electron chi connectivity index (χ1n) is 7.21. The molecule has 0 aromatic carbocycles. The van der Waals surface area contributed by atoms with Crippen LogP contribution in [0.5, 0.6) is 0 Å². The monoisotopic (exact) mass is 256 g/mol. The third-order valence-electron chi connectivity index (χ3n) is 4.49. The van der Waals surface area contributed by atoms with Crippen molar-refractivity contribution in [2.45, 2.75) is 59.1 Å². The van der Waals surface area contributed by atoms with E-state index in [1.165, 1.54) is 0 Å². The average Bonchev–Trinajstić information content (AvgIpc) is 2.41. The van der Waals surface area contributed by atoms with Crippen molar-refractivity contribution < 1.29 is 9.53 Å². The molecule has 2 atom stereocenters. The minimum absolute atomic E-state index is 0.0435. The van der Waals surface area contributed by atoms with Gasteiger partial charge in [0.15, 0.2) is 0 Å². The van der Waals surface area contributed by atoms with Crippen molar-refractivity contribution in [3.63, 3.8) is 0 Å². The molecule has 18 heavy (non-hydrogen) atoms. The molecule has 2 N–H and O–H groups in total. The largest absolute Gasteiger partial charge is 0.375 e. The SMILES string of the molecule is CCC(CC)(CC)CNC(=O)[C@H]1NCCO[C@@H]1C. The Bertz CT molecular complexity index is 256. The number of hydrogen-bond acceptors (Lipinski definition) is 3. The Labute approximate surface area is 111 Å². The Morgan fingerprint density at radius 3 is 2.44 bits per heavy atom. The second-order valence-corrected chi connectivity index (χ2v) is 5.29. The fraction of sp³-hybridized carbons (Fsp3) is 0.929. The van der Waals surface area contributed by atoms with Crippen LogP contribution in [-0.4, -0.2) is 37.7 Å². The van der Waals surface area contributed by atoms with E-state index in [9.17, 15) is 4.79 Å². The van der Waals surface area contributed by atoms with Gasteiger partial charge in [0.25, 0.3) is 0 Å². The lowest BCUT2D eigenvalue weighted by Crippen LogP contribution is -2.56. The number of hydrogen-bond donors (Lipinski definition) is 2. The summed E-state index contributed by atoms with van der Waals surface area (Å²) in [6, 6.07) is -0.206. The maximum atomic E-state index is 12.1. The Morgan fingerprint density at radius 2 is 1.94 bits per heavy atom. The number of amides is 1. The van der Waals surface area contributed by atoms with E-state index in [-0.39, 0.29) is 23.5 Å². The molecule has 1 aliphatic rings. The van der Waals surface area contributed by atoms with Crippen LogP contribution in [0.15, 0.2) is 0 Å². The predicted octanol–water partition coefficient (Wildman–Crippen LogP) is 1.70. The lowest BCUT2D eigenvalue weighted by molar-refractivity contribution is -0.129. The predicted molar refractivity (Wildman–Crippen MR) is 73.5 cm³/mol. The lowest BCUT2D eigenvalue weighted by atomic mass is 9.80. The van der Waals surface area contributed by atoms with Gasteiger partial charge in [0, 0.05) is 13.1 Å². The fourth-order valence-corrected chi connectivity index (χ4v) is 2.54. The molecule has 0 bridgehead atoms. The van der Waals surface area contributed by atoms with Crippen molar-refractivity contribution in [1.82, 2.24) is 10.6 Å². The highest BCUT2D eigenvalue weighted by molar-refractivity contribution is 5.82. The van der Waals surface area contributed by atoms with Crippen molar-refractivity contribution >= 4 is 5.91 Å². The highest BCUT2D eigenvalue weighted by Gasteiger charge is 2.30. The van der Waals surface area contributed by atoms with Gasteiger partial charge >= 0.3 is 0 Å². The van der Waals surface area contributed by atoms with E-state index < -0.39 is 0 Å². The molecular weight excluding hydrogens is 228 g/mol. The summed E-state index contributed by atoms with van der Waals surface area (Å²) >= 11 is 0. The van der Waals surface area contributed by atoms with E-state index in [2.05, 4.69) is 31.4 Å².